The number of hydrogen-bond acceptors (Lipinski definition) is 3. The highest BCUT2D eigenvalue weighted by Crippen LogP contribution is 2.40. The zero-order valence-electron chi connectivity index (χ0n) is 61.6. The van der Waals surface area contributed by atoms with Crippen molar-refractivity contribution < 1.29 is 0 Å². The number of rotatable bonds is 15. The summed E-state index contributed by atoms with van der Waals surface area (Å²) in [5.74, 6) is 1.60. The Balaban J connectivity index is 1.000. The average Bonchev–Trinajstić information content (AvgIpc) is 1.09. The first-order valence-electron chi connectivity index (χ1n) is 37.5. The number of benzene rings is 15. The molecular weight excluding hydrogens is 1340 g/mol. The van der Waals surface area contributed by atoms with Gasteiger partial charge in [-0.05, 0) is 156 Å². The van der Waals surface area contributed by atoms with Crippen molar-refractivity contribution in [3.05, 3.63) is 393 Å². The van der Waals surface area contributed by atoms with Crippen LogP contribution in [0, 0.1) is 0 Å². The van der Waals surface area contributed by atoms with E-state index in [1.165, 1.54) is 74.9 Å². The van der Waals surface area contributed by atoms with Crippen LogP contribution >= 0.6 is 0 Å². The molecule has 0 fully saturated rings. The molecule has 0 bridgehead atoms. The molecule has 0 aliphatic heterocycles. The van der Waals surface area contributed by atoms with E-state index in [2.05, 4.69) is 433 Å². The highest BCUT2D eigenvalue weighted by molar-refractivity contribution is 7.22. The Bertz CT molecular complexity index is 5940. The SMILES string of the molecule is CC(C)(C)c1ccc2c(c1)c1cc(C(C)(C)C)ccc1n2-c1nc(-c2cc([Si](c3ccccc3)(c3ccccc3)c3cccc(-c4cccc(-c5ccccc5)c4)c3)cc([Si](c3ccccc3)(c3ccccc3)c3cccc(-c4cccc(-c5ccccc5)c4)c3)c2)nc(-n2c3ccccc3c3ccccc32)n1. The van der Waals surface area contributed by atoms with E-state index in [-0.39, 0.29) is 10.8 Å². The zero-order chi connectivity index (χ0) is 73.1. The first-order valence-corrected chi connectivity index (χ1v) is 41.5. The molecule has 15 aromatic carbocycles. The highest BCUT2D eigenvalue weighted by Gasteiger charge is 2.47. The van der Waals surface area contributed by atoms with Crippen LogP contribution < -0.4 is 41.5 Å². The van der Waals surface area contributed by atoms with E-state index in [4.69, 9.17) is 15.0 Å². The molecule has 3 heterocycles. The van der Waals surface area contributed by atoms with Gasteiger partial charge in [-0.15, -0.1) is 0 Å². The zero-order valence-corrected chi connectivity index (χ0v) is 63.6. The van der Waals surface area contributed by atoms with Gasteiger partial charge in [-0.25, -0.2) is 0 Å². The molecule has 0 unspecified atom stereocenters. The Morgan fingerprint density at radius 3 is 0.843 bits per heavy atom. The summed E-state index contributed by atoms with van der Waals surface area (Å²) >= 11 is 0. The molecule has 18 rings (SSSR count). The fraction of sp³-hybridized carbons (Fsp3) is 0.0792. The lowest BCUT2D eigenvalue weighted by Gasteiger charge is -2.38. The Hall–Kier alpha value is -12.7. The summed E-state index contributed by atoms with van der Waals surface area (Å²) in [7, 11) is -7.20. The standard InChI is InChI=1S/C101H81N5Si2/c1-100(2,3)79-57-59-95-91(67-79)92-68-80(101(4,5)6)58-60-96(92)106(95)99-103-97(102-98(104-99)105-93-55-27-25-53-89(93)90-54-26-28-56-94(90)105)78-65-87(107(81-43-17-9-18-44-81,82-45-19-10-20-46-82)85-51-31-41-76(63-85)74-39-29-37-72(61-74)70-33-13-7-14-34-70)69-88(66-78)108(83-47-21-11-22-48-83,84-49-23-12-24-50-84)86-52-32-42-77(64-86)75-40-30-38-73(62-75)71-35-15-8-16-36-71/h7-69H,1-6H3. The van der Waals surface area contributed by atoms with Gasteiger partial charge < -0.3 is 0 Å². The minimum atomic E-state index is -3.60. The molecule has 0 saturated heterocycles. The van der Waals surface area contributed by atoms with Crippen LogP contribution in [0.4, 0.5) is 0 Å². The summed E-state index contributed by atoms with van der Waals surface area (Å²) in [5, 5.41) is 14.4. The lowest BCUT2D eigenvalue weighted by atomic mass is 9.85. The van der Waals surface area contributed by atoms with Crippen LogP contribution in [0.15, 0.2) is 382 Å². The van der Waals surface area contributed by atoms with Gasteiger partial charge in [0.25, 0.3) is 0 Å². The van der Waals surface area contributed by atoms with Crippen LogP contribution in [0.3, 0.4) is 0 Å². The summed E-state index contributed by atoms with van der Waals surface area (Å²) in [6, 6.07) is 143. The van der Waals surface area contributed by atoms with Gasteiger partial charge in [-0.2, -0.15) is 15.0 Å². The fourth-order valence-corrected chi connectivity index (χ4v) is 26.7. The smallest absolute Gasteiger partial charge is 0.240 e. The van der Waals surface area contributed by atoms with Gasteiger partial charge in [0.05, 0.1) is 22.1 Å². The maximum absolute atomic E-state index is 6.07. The van der Waals surface area contributed by atoms with Crippen molar-refractivity contribution in [1.29, 1.82) is 0 Å². The van der Waals surface area contributed by atoms with Crippen LogP contribution in [0.5, 0.6) is 0 Å². The molecule has 108 heavy (non-hydrogen) atoms. The number of aromatic nitrogens is 5. The third-order valence-corrected chi connectivity index (χ3v) is 31.6. The molecule has 0 saturated carbocycles. The van der Waals surface area contributed by atoms with Crippen LogP contribution in [-0.2, 0) is 10.8 Å². The van der Waals surface area contributed by atoms with Crippen LogP contribution in [0.2, 0.25) is 0 Å². The van der Waals surface area contributed by atoms with Crippen molar-refractivity contribution in [2.45, 2.75) is 52.4 Å². The van der Waals surface area contributed by atoms with Crippen molar-refractivity contribution in [2.24, 2.45) is 0 Å². The quantitative estimate of drug-likeness (QED) is 0.0759. The van der Waals surface area contributed by atoms with Gasteiger partial charge in [0, 0.05) is 27.1 Å². The van der Waals surface area contributed by atoms with Gasteiger partial charge >= 0.3 is 0 Å². The Morgan fingerprint density at radius 1 is 0.204 bits per heavy atom. The number of nitrogens with zero attached hydrogens (tertiary/aromatic N) is 5. The molecule has 0 N–H and O–H groups in total. The van der Waals surface area contributed by atoms with Crippen LogP contribution in [-0.4, -0.2) is 40.2 Å². The van der Waals surface area contributed by atoms with Gasteiger partial charge in [0.2, 0.25) is 11.9 Å². The van der Waals surface area contributed by atoms with Crippen molar-refractivity contribution >= 4 is 101 Å². The molecule has 0 aliphatic rings. The maximum Gasteiger partial charge on any atom is 0.240 e. The molecule has 3 aromatic heterocycles. The first-order chi connectivity index (χ1) is 52.8. The largest absolute Gasteiger partial charge is 0.278 e. The van der Waals surface area contributed by atoms with Gasteiger partial charge in [-0.1, -0.05) is 375 Å². The summed E-state index contributed by atoms with van der Waals surface area (Å²) in [4.78, 5) is 18.0. The number of fused-ring (bicyclic) bond motifs is 6. The second-order valence-electron chi connectivity index (χ2n) is 30.7. The van der Waals surface area contributed by atoms with Crippen molar-refractivity contribution in [3.8, 4) is 67.8 Å². The molecular formula is C101H81N5Si2. The predicted molar refractivity (Wildman–Crippen MR) is 460 cm³/mol. The number of para-hydroxylation sites is 2. The highest BCUT2D eigenvalue weighted by atomic mass is 28.3. The van der Waals surface area contributed by atoms with Crippen molar-refractivity contribution in [1.82, 2.24) is 24.1 Å². The summed E-state index contributed by atoms with van der Waals surface area (Å²) in [5.41, 5.74) is 16.5. The Kier molecular flexibility index (Phi) is 17.0. The second kappa shape index (κ2) is 27.4. The first kappa shape index (κ1) is 67.2. The fourth-order valence-electron chi connectivity index (χ4n) is 16.8. The van der Waals surface area contributed by atoms with E-state index in [0.29, 0.717) is 17.7 Å². The van der Waals surface area contributed by atoms with Crippen molar-refractivity contribution in [2.75, 3.05) is 0 Å². The summed E-state index contributed by atoms with van der Waals surface area (Å²) < 4.78 is 4.58. The second-order valence-corrected chi connectivity index (χ2v) is 38.4. The molecule has 7 heteroatoms. The lowest BCUT2D eigenvalue weighted by molar-refractivity contribution is 0.590. The summed E-state index contributed by atoms with van der Waals surface area (Å²) in [6.45, 7) is 13.8. The minimum absolute atomic E-state index is 0.114. The van der Waals surface area contributed by atoms with E-state index in [1.807, 2.05) is 0 Å². The third kappa shape index (κ3) is 11.8. The average molecular weight is 1420 g/mol. The molecule has 0 atom stereocenters. The van der Waals surface area contributed by atoms with Crippen molar-refractivity contribution in [3.63, 3.8) is 0 Å². The van der Waals surface area contributed by atoms with E-state index < -0.39 is 16.1 Å². The lowest BCUT2D eigenvalue weighted by Crippen LogP contribution is -2.78. The van der Waals surface area contributed by atoms with Gasteiger partial charge in [0.15, 0.2) is 22.0 Å². The molecule has 518 valence electrons. The molecule has 0 aliphatic carbocycles. The third-order valence-electron chi connectivity index (χ3n) is 22.2. The predicted octanol–water partition coefficient (Wildman–Crippen LogP) is 19.8. The number of hydrogen-bond donors (Lipinski definition) is 0. The molecule has 18 aromatic rings. The normalized spacial score (nSPS) is 12.2. The molecule has 0 radical (unpaired) electrons. The van der Waals surface area contributed by atoms with E-state index >= 15 is 0 Å². The van der Waals surface area contributed by atoms with Gasteiger partial charge in [0.1, 0.15) is 0 Å². The monoisotopic (exact) mass is 1420 g/mol. The topological polar surface area (TPSA) is 48.5 Å². The Labute approximate surface area is 634 Å². The van der Waals surface area contributed by atoms with Crippen LogP contribution in [0.1, 0.15) is 52.7 Å². The van der Waals surface area contributed by atoms with Crippen LogP contribution in [0.25, 0.3) is 111 Å². The maximum atomic E-state index is 6.07. The van der Waals surface area contributed by atoms with E-state index in [9.17, 15) is 0 Å². The Morgan fingerprint density at radius 2 is 0.481 bits per heavy atom. The van der Waals surface area contributed by atoms with Gasteiger partial charge in [-0.3, -0.25) is 9.13 Å². The molecule has 0 spiro atoms. The van der Waals surface area contributed by atoms with E-state index in [0.717, 1.165) is 71.4 Å². The molecule has 5 nitrogen and oxygen atoms in total. The summed E-state index contributed by atoms with van der Waals surface area (Å²) in [6.07, 6.45) is 0. The minimum Gasteiger partial charge on any atom is -0.278 e. The molecule has 0 amide bonds. The van der Waals surface area contributed by atoms with E-state index in [1.54, 1.807) is 0 Å².